The summed E-state index contributed by atoms with van der Waals surface area (Å²) in [5.41, 5.74) is 4.50. The van der Waals surface area contributed by atoms with Crippen molar-refractivity contribution in [1.29, 1.82) is 0 Å². The summed E-state index contributed by atoms with van der Waals surface area (Å²) in [6.07, 6.45) is 0. The van der Waals surface area contributed by atoms with Crippen LogP contribution < -0.4 is 11.3 Å². The average Bonchev–Trinajstić information content (AvgIpc) is 2.47. The Labute approximate surface area is 120 Å². The molecule has 100 valence electrons. The smallest absolute Gasteiger partial charge is 0.149 e. The fourth-order valence-corrected chi connectivity index (χ4v) is 2.25. The van der Waals surface area contributed by atoms with Crippen LogP contribution in [0.5, 0.6) is 0 Å². The Balaban J connectivity index is 2.26. The maximum absolute atomic E-state index is 13.7. The van der Waals surface area contributed by atoms with Crippen LogP contribution in [0.3, 0.4) is 0 Å². The van der Waals surface area contributed by atoms with Gasteiger partial charge in [0.05, 0.1) is 0 Å². The Morgan fingerprint density at radius 1 is 1.10 bits per heavy atom. The number of hydrogen-bond donors (Lipinski definition) is 2. The molecule has 1 aromatic heterocycles. The number of nitrogens with one attached hydrogen (secondary N) is 1. The number of halogens is 2. The molecule has 0 fully saturated rings. The second-order valence-electron chi connectivity index (χ2n) is 4.35. The molecule has 0 radical (unpaired) electrons. The van der Waals surface area contributed by atoms with E-state index in [1.54, 1.807) is 18.2 Å². The summed E-state index contributed by atoms with van der Waals surface area (Å²) in [7, 11) is 0. The van der Waals surface area contributed by atoms with Crippen molar-refractivity contribution >= 4 is 28.3 Å². The molecule has 3 nitrogen and oxygen atoms in total. The first-order valence-corrected chi connectivity index (χ1v) is 6.38. The highest BCUT2D eigenvalue weighted by atomic mass is 35.5. The van der Waals surface area contributed by atoms with Gasteiger partial charge >= 0.3 is 0 Å². The summed E-state index contributed by atoms with van der Waals surface area (Å²) in [6.45, 7) is 0. The molecule has 3 rings (SSSR count). The van der Waals surface area contributed by atoms with Crippen LogP contribution in [-0.2, 0) is 0 Å². The van der Waals surface area contributed by atoms with Crippen LogP contribution in [0.2, 0.25) is 5.02 Å². The third-order valence-electron chi connectivity index (χ3n) is 3.09. The summed E-state index contributed by atoms with van der Waals surface area (Å²) >= 11 is 5.88. The van der Waals surface area contributed by atoms with Gasteiger partial charge in [0.15, 0.2) is 0 Å². The molecular formula is C15H11ClFN3. The number of anilines is 1. The minimum Gasteiger partial charge on any atom is -0.308 e. The first kappa shape index (κ1) is 12.8. The zero-order valence-electron chi connectivity index (χ0n) is 10.4. The fourth-order valence-electron chi connectivity index (χ4n) is 2.12. The first-order valence-electron chi connectivity index (χ1n) is 6.01. The van der Waals surface area contributed by atoms with Crippen LogP contribution in [0.15, 0.2) is 48.5 Å². The van der Waals surface area contributed by atoms with Gasteiger partial charge in [-0.25, -0.2) is 15.2 Å². The highest BCUT2D eigenvalue weighted by Gasteiger charge is 2.10. The number of nitrogen functional groups attached to an aromatic ring is 1. The molecule has 0 atom stereocenters. The monoisotopic (exact) mass is 287 g/mol. The van der Waals surface area contributed by atoms with E-state index in [0.29, 0.717) is 16.2 Å². The first-order chi connectivity index (χ1) is 9.69. The molecule has 0 bridgehead atoms. The third-order valence-corrected chi connectivity index (χ3v) is 3.34. The Bertz CT molecular complexity index is 772. The van der Waals surface area contributed by atoms with Gasteiger partial charge in [-0.1, -0.05) is 35.9 Å². The number of hydrogen-bond acceptors (Lipinski definition) is 3. The maximum Gasteiger partial charge on any atom is 0.149 e. The van der Waals surface area contributed by atoms with Crippen molar-refractivity contribution in [3.8, 4) is 11.1 Å². The number of pyridine rings is 1. The minimum atomic E-state index is -0.373. The fraction of sp³-hybridized carbons (Fsp3) is 0. The Kier molecular flexibility index (Phi) is 3.26. The lowest BCUT2D eigenvalue weighted by atomic mass is 10.0. The largest absolute Gasteiger partial charge is 0.308 e. The highest BCUT2D eigenvalue weighted by Crippen LogP contribution is 2.31. The van der Waals surface area contributed by atoms with Crippen LogP contribution in [0.1, 0.15) is 0 Å². The Morgan fingerprint density at radius 2 is 1.85 bits per heavy atom. The van der Waals surface area contributed by atoms with E-state index in [2.05, 4.69) is 10.4 Å². The number of hydrazine groups is 1. The van der Waals surface area contributed by atoms with Gasteiger partial charge in [-0.05, 0) is 29.8 Å². The topological polar surface area (TPSA) is 50.9 Å². The molecule has 0 aliphatic rings. The second-order valence-corrected chi connectivity index (χ2v) is 4.78. The SMILES string of the molecule is NNc1nc2c(F)cccc2cc1-c1ccc(Cl)cc1. The van der Waals surface area contributed by atoms with Crippen LogP contribution >= 0.6 is 11.6 Å². The van der Waals surface area contributed by atoms with E-state index in [9.17, 15) is 4.39 Å². The molecule has 0 amide bonds. The number of benzene rings is 2. The summed E-state index contributed by atoms with van der Waals surface area (Å²) in [4.78, 5) is 4.25. The zero-order chi connectivity index (χ0) is 14.1. The predicted octanol–water partition coefficient (Wildman–Crippen LogP) is 3.98. The van der Waals surface area contributed by atoms with E-state index in [-0.39, 0.29) is 11.3 Å². The van der Waals surface area contributed by atoms with Crippen molar-refractivity contribution in [2.75, 3.05) is 5.43 Å². The van der Waals surface area contributed by atoms with Crippen molar-refractivity contribution in [3.63, 3.8) is 0 Å². The minimum absolute atomic E-state index is 0.290. The molecule has 0 spiro atoms. The van der Waals surface area contributed by atoms with Gasteiger partial charge < -0.3 is 5.43 Å². The molecule has 5 heteroatoms. The summed E-state index contributed by atoms with van der Waals surface area (Å²) < 4.78 is 13.7. The van der Waals surface area contributed by atoms with E-state index < -0.39 is 0 Å². The lowest BCUT2D eigenvalue weighted by molar-refractivity contribution is 0.637. The van der Waals surface area contributed by atoms with Crippen molar-refractivity contribution in [2.45, 2.75) is 0 Å². The number of nitrogens with two attached hydrogens (primary N) is 1. The lowest BCUT2D eigenvalue weighted by Crippen LogP contribution is -2.10. The molecule has 0 aliphatic heterocycles. The summed E-state index contributed by atoms with van der Waals surface area (Å²) in [5, 5.41) is 1.37. The summed E-state index contributed by atoms with van der Waals surface area (Å²) in [5.74, 6) is 5.55. The number of fused-ring (bicyclic) bond motifs is 1. The number of rotatable bonds is 2. The normalized spacial score (nSPS) is 10.8. The number of para-hydroxylation sites is 1. The van der Waals surface area contributed by atoms with Gasteiger partial charge in [0.2, 0.25) is 0 Å². The third kappa shape index (κ3) is 2.19. The molecule has 3 aromatic rings. The molecule has 2 aromatic carbocycles. The van der Waals surface area contributed by atoms with Gasteiger partial charge in [0.1, 0.15) is 17.2 Å². The van der Waals surface area contributed by atoms with Crippen molar-refractivity contribution in [2.24, 2.45) is 5.84 Å². The quantitative estimate of drug-likeness (QED) is 0.554. The molecule has 1 heterocycles. The van der Waals surface area contributed by atoms with Crippen molar-refractivity contribution in [3.05, 3.63) is 59.4 Å². The van der Waals surface area contributed by atoms with E-state index in [4.69, 9.17) is 17.4 Å². The molecule has 0 aliphatic carbocycles. The van der Waals surface area contributed by atoms with Crippen molar-refractivity contribution in [1.82, 2.24) is 4.98 Å². The van der Waals surface area contributed by atoms with Gasteiger partial charge in [-0.3, -0.25) is 0 Å². The van der Waals surface area contributed by atoms with E-state index in [1.165, 1.54) is 6.07 Å². The van der Waals surface area contributed by atoms with Gasteiger partial charge in [0, 0.05) is 16.0 Å². The molecule has 0 saturated heterocycles. The molecule has 3 N–H and O–H groups in total. The van der Waals surface area contributed by atoms with E-state index >= 15 is 0 Å². The molecular weight excluding hydrogens is 277 g/mol. The van der Waals surface area contributed by atoms with Crippen LogP contribution in [0, 0.1) is 5.82 Å². The lowest BCUT2D eigenvalue weighted by Gasteiger charge is -2.10. The second kappa shape index (κ2) is 5.07. The van der Waals surface area contributed by atoms with Gasteiger partial charge in [0.25, 0.3) is 0 Å². The van der Waals surface area contributed by atoms with Crippen molar-refractivity contribution < 1.29 is 4.39 Å². The van der Waals surface area contributed by atoms with Crippen LogP contribution in [0.4, 0.5) is 10.2 Å². The Hall–Kier alpha value is -2.17. The van der Waals surface area contributed by atoms with Crippen LogP contribution in [-0.4, -0.2) is 4.98 Å². The highest BCUT2D eigenvalue weighted by molar-refractivity contribution is 6.30. The molecule has 20 heavy (non-hydrogen) atoms. The van der Waals surface area contributed by atoms with Gasteiger partial charge in [-0.2, -0.15) is 0 Å². The predicted molar refractivity (Wildman–Crippen MR) is 80.0 cm³/mol. The maximum atomic E-state index is 13.7. The zero-order valence-corrected chi connectivity index (χ0v) is 11.2. The molecule has 0 saturated carbocycles. The van der Waals surface area contributed by atoms with E-state index in [0.717, 1.165) is 11.1 Å². The number of aromatic nitrogens is 1. The molecule has 0 unspecified atom stereocenters. The van der Waals surface area contributed by atoms with Gasteiger partial charge in [-0.15, -0.1) is 0 Å². The summed E-state index contributed by atoms with van der Waals surface area (Å²) in [6, 6.07) is 14.0. The average molecular weight is 288 g/mol. The van der Waals surface area contributed by atoms with Crippen LogP contribution in [0.25, 0.3) is 22.0 Å². The number of nitrogens with zero attached hydrogens (tertiary/aromatic N) is 1. The standard InChI is InChI=1S/C15H11ClFN3/c16-11-6-4-9(5-7-11)12-8-10-2-1-3-13(17)14(10)19-15(12)20-18/h1-8H,18H2,(H,19,20). The van der Waals surface area contributed by atoms with E-state index in [1.807, 2.05) is 24.3 Å². The Morgan fingerprint density at radius 3 is 2.55 bits per heavy atom.